The van der Waals surface area contributed by atoms with Crippen LogP contribution in [-0.4, -0.2) is 31.0 Å². The highest BCUT2D eigenvalue weighted by Crippen LogP contribution is 2.12. The number of aryl methyl sites for hydroxylation is 1. The molecule has 0 saturated carbocycles. The van der Waals surface area contributed by atoms with E-state index in [1.807, 2.05) is 25.1 Å². The monoisotopic (exact) mass is 341 g/mol. The lowest BCUT2D eigenvalue weighted by Crippen LogP contribution is -2.34. The van der Waals surface area contributed by atoms with Gasteiger partial charge in [0.05, 0.1) is 13.0 Å². The Kier molecular flexibility index (Phi) is 6.71. The molecule has 0 heterocycles. The molecule has 0 spiro atoms. The Hall–Kier alpha value is -3.15. The van der Waals surface area contributed by atoms with Crippen molar-refractivity contribution in [1.82, 2.24) is 5.32 Å². The van der Waals surface area contributed by atoms with Gasteiger partial charge in [-0.25, -0.2) is 0 Å². The van der Waals surface area contributed by atoms with Crippen molar-refractivity contribution in [2.75, 3.05) is 13.2 Å². The first kappa shape index (κ1) is 18.2. The number of esters is 1. The zero-order valence-corrected chi connectivity index (χ0v) is 13.9. The summed E-state index contributed by atoms with van der Waals surface area (Å²) in [6.07, 6.45) is 0.00779. The van der Waals surface area contributed by atoms with Gasteiger partial charge in [-0.2, -0.15) is 0 Å². The van der Waals surface area contributed by atoms with Gasteiger partial charge >= 0.3 is 5.97 Å². The molecule has 0 radical (unpaired) electrons. The van der Waals surface area contributed by atoms with Crippen LogP contribution in [-0.2, 0) is 14.3 Å². The summed E-state index contributed by atoms with van der Waals surface area (Å²) >= 11 is 0. The molecule has 0 saturated heterocycles. The van der Waals surface area contributed by atoms with Gasteiger partial charge in [0.2, 0.25) is 0 Å². The highest BCUT2D eigenvalue weighted by atomic mass is 16.5. The predicted octanol–water partition coefficient (Wildman–Crippen LogP) is 2.26. The Morgan fingerprint density at radius 3 is 2.48 bits per heavy atom. The lowest BCUT2D eigenvalue weighted by molar-refractivity contribution is -0.148. The van der Waals surface area contributed by atoms with E-state index in [1.54, 1.807) is 36.4 Å². The molecule has 0 atom stereocenters. The van der Waals surface area contributed by atoms with E-state index in [0.29, 0.717) is 11.3 Å². The first-order chi connectivity index (χ1) is 12.0. The van der Waals surface area contributed by atoms with Crippen molar-refractivity contribution in [2.24, 2.45) is 0 Å². The number of hydrogen-bond acceptors (Lipinski definition) is 5. The third-order valence-corrected chi connectivity index (χ3v) is 3.22. The summed E-state index contributed by atoms with van der Waals surface area (Å²) in [7, 11) is 0. The maximum atomic E-state index is 11.8. The molecule has 25 heavy (non-hydrogen) atoms. The maximum Gasteiger partial charge on any atom is 0.309 e. The topological polar surface area (TPSA) is 81.7 Å². The van der Waals surface area contributed by atoms with E-state index in [2.05, 4.69) is 5.32 Å². The van der Waals surface area contributed by atoms with Gasteiger partial charge in [0.1, 0.15) is 5.75 Å². The molecule has 6 nitrogen and oxygen atoms in total. The third kappa shape index (κ3) is 6.47. The van der Waals surface area contributed by atoms with Crippen molar-refractivity contribution in [3.8, 4) is 5.75 Å². The summed E-state index contributed by atoms with van der Waals surface area (Å²) in [6, 6.07) is 15.7. The van der Waals surface area contributed by atoms with Crippen LogP contribution < -0.4 is 10.1 Å². The number of imide groups is 1. The van der Waals surface area contributed by atoms with Crippen LogP contribution in [0.4, 0.5) is 0 Å². The molecule has 0 aromatic heterocycles. The van der Waals surface area contributed by atoms with Crippen LogP contribution in [0, 0.1) is 6.92 Å². The standard InChI is InChI=1S/C19H19NO5/c1-14-6-5-9-16(12-14)24-11-10-18(22)25-13-17(21)20-19(23)15-7-3-2-4-8-15/h2-9,12H,10-11,13H2,1H3,(H,20,21,23). The molecular formula is C19H19NO5. The minimum Gasteiger partial charge on any atom is -0.493 e. The summed E-state index contributed by atoms with van der Waals surface area (Å²) < 4.78 is 10.3. The largest absolute Gasteiger partial charge is 0.493 e. The van der Waals surface area contributed by atoms with E-state index >= 15 is 0 Å². The fraction of sp³-hybridized carbons (Fsp3) is 0.211. The van der Waals surface area contributed by atoms with E-state index in [1.165, 1.54) is 0 Å². The van der Waals surface area contributed by atoms with Crippen molar-refractivity contribution < 1.29 is 23.9 Å². The number of rotatable bonds is 7. The van der Waals surface area contributed by atoms with E-state index < -0.39 is 24.4 Å². The summed E-state index contributed by atoms with van der Waals surface area (Å²) in [6.45, 7) is 1.57. The summed E-state index contributed by atoms with van der Waals surface area (Å²) in [5.41, 5.74) is 1.41. The predicted molar refractivity (Wildman–Crippen MR) is 91.2 cm³/mol. The van der Waals surface area contributed by atoms with Crippen LogP contribution in [0.5, 0.6) is 5.75 Å². The van der Waals surface area contributed by atoms with Gasteiger partial charge in [-0.1, -0.05) is 30.3 Å². The minimum atomic E-state index is -0.679. The number of carbonyl (C=O) groups is 3. The molecule has 2 amide bonds. The number of amides is 2. The number of hydrogen-bond donors (Lipinski definition) is 1. The minimum absolute atomic E-state index is 0.00779. The van der Waals surface area contributed by atoms with E-state index in [0.717, 1.165) is 5.56 Å². The van der Waals surface area contributed by atoms with Crippen LogP contribution in [0.2, 0.25) is 0 Å². The van der Waals surface area contributed by atoms with Gasteiger partial charge in [0.25, 0.3) is 11.8 Å². The lowest BCUT2D eigenvalue weighted by atomic mass is 10.2. The van der Waals surface area contributed by atoms with Crippen LogP contribution in [0.3, 0.4) is 0 Å². The van der Waals surface area contributed by atoms with E-state index in [9.17, 15) is 14.4 Å². The van der Waals surface area contributed by atoms with Crippen LogP contribution in [0.25, 0.3) is 0 Å². The number of nitrogens with one attached hydrogen (secondary N) is 1. The molecule has 130 valence electrons. The van der Waals surface area contributed by atoms with Crippen molar-refractivity contribution in [1.29, 1.82) is 0 Å². The SMILES string of the molecule is Cc1cccc(OCCC(=O)OCC(=O)NC(=O)c2ccccc2)c1. The van der Waals surface area contributed by atoms with Crippen LogP contribution in [0.15, 0.2) is 54.6 Å². The molecule has 0 bridgehead atoms. The van der Waals surface area contributed by atoms with E-state index in [4.69, 9.17) is 9.47 Å². The van der Waals surface area contributed by atoms with Crippen molar-refractivity contribution in [3.05, 3.63) is 65.7 Å². The Morgan fingerprint density at radius 2 is 1.76 bits per heavy atom. The van der Waals surface area contributed by atoms with Crippen molar-refractivity contribution in [3.63, 3.8) is 0 Å². The van der Waals surface area contributed by atoms with Gasteiger partial charge in [0.15, 0.2) is 6.61 Å². The smallest absolute Gasteiger partial charge is 0.309 e. The zero-order valence-electron chi connectivity index (χ0n) is 13.9. The zero-order chi connectivity index (χ0) is 18.1. The Labute approximate surface area is 145 Å². The lowest BCUT2D eigenvalue weighted by Gasteiger charge is -2.08. The fourth-order valence-corrected chi connectivity index (χ4v) is 2.00. The molecule has 1 N–H and O–H groups in total. The molecule has 2 aromatic carbocycles. The van der Waals surface area contributed by atoms with Gasteiger partial charge in [0, 0.05) is 5.56 Å². The second-order valence-corrected chi connectivity index (χ2v) is 5.32. The van der Waals surface area contributed by atoms with Crippen LogP contribution in [0.1, 0.15) is 22.3 Å². The Balaban J connectivity index is 1.65. The highest BCUT2D eigenvalue weighted by molar-refractivity contribution is 6.05. The average Bonchev–Trinajstić information content (AvgIpc) is 2.61. The van der Waals surface area contributed by atoms with Crippen molar-refractivity contribution >= 4 is 17.8 Å². The summed E-state index contributed by atoms with van der Waals surface area (Å²) in [5, 5.41) is 2.15. The Bertz CT molecular complexity index is 742. The molecule has 0 aliphatic rings. The second kappa shape index (κ2) is 9.22. The van der Waals surface area contributed by atoms with Crippen LogP contribution >= 0.6 is 0 Å². The second-order valence-electron chi connectivity index (χ2n) is 5.32. The molecule has 0 aliphatic carbocycles. The Morgan fingerprint density at radius 1 is 1.00 bits per heavy atom. The normalized spacial score (nSPS) is 9.96. The number of benzene rings is 2. The molecule has 2 aromatic rings. The van der Waals surface area contributed by atoms with Gasteiger partial charge in [-0.3, -0.25) is 19.7 Å². The molecule has 2 rings (SSSR count). The van der Waals surface area contributed by atoms with E-state index in [-0.39, 0.29) is 13.0 Å². The first-order valence-electron chi connectivity index (χ1n) is 7.79. The maximum absolute atomic E-state index is 11.8. The molecule has 0 fully saturated rings. The van der Waals surface area contributed by atoms with Gasteiger partial charge < -0.3 is 9.47 Å². The van der Waals surface area contributed by atoms with Crippen molar-refractivity contribution in [2.45, 2.75) is 13.3 Å². The molecule has 0 unspecified atom stereocenters. The molecule has 6 heteroatoms. The highest BCUT2D eigenvalue weighted by Gasteiger charge is 2.12. The fourth-order valence-electron chi connectivity index (χ4n) is 2.00. The quantitative estimate of drug-likeness (QED) is 0.781. The number of ether oxygens (including phenoxy) is 2. The first-order valence-corrected chi connectivity index (χ1v) is 7.79. The third-order valence-electron chi connectivity index (χ3n) is 3.22. The summed E-state index contributed by atoms with van der Waals surface area (Å²) in [5.74, 6) is -1.12. The molecule has 0 aliphatic heterocycles. The van der Waals surface area contributed by atoms with Gasteiger partial charge in [-0.05, 0) is 36.8 Å². The van der Waals surface area contributed by atoms with Gasteiger partial charge in [-0.15, -0.1) is 0 Å². The summed E-state index contributed by atoms with van der Waals surface area (Å²) in [4.78, 5) is 35.0. The molecular weight excluding hydrogens is 322 g/mol. The average molecular weight is 341 g/mol. The number of carbonyl (C=O) groups excluding carboxylic acids is 3.